The Bertz CT molecular complexity index is 2150. The average Bonchev–Trinajstić information content (AvgIpc) is 3.91. The van der Waals surface area contributed by atoms with Gasteiger partial charge in [0.25, 0.3) is 11.8 Å². The minimum atomic E-state index is -0.644. The van der Waals surface area contributed by atoms with Crippen LogP contribution in [0.1, 0.15) is 83.8 Å². The molecule has 0 unspecified atom stereocenters. The summed E-state index contributed by atoms with van der Waals surface area (Å²) in [6, 6.07) is 11.5. The highest BCUT2D eigenvalue weighted by atomic mass is 16.5. The van der Waals surface area contributed by atoms with E-state index in [2.05, 4.69) is 36.1 Å². The molecule has 4 amide bonds. The maximum Gasteiger partial charge on any atom is 0.270 e. The number of carbonyl (C=O) groups excluding carboxylic acids is 4. The summed E-state index contributed by atoms with van der Waals surface area (Å²) in [5.41, 5.74) is 3.88. The maximum atomic E-state index is 13.2. The quantitative estimate of drug-likeness (QED) is 0.240. The van der Waals surface area contributed by atoms with Crippen LogP contribution in [0.3, 0.4) is 0 Å². The highest BCUT2D eigenvalue weighted by Gasteiger charge is 2.42. The molecule has 3 aromatic heterocycles. The third-order valence-electron chi connectivity index (χ3n) is 12.0. The number of fused-ring (bicyclic) bond motifs is 2. The Morgan fingerprint density at radius 1 is 0.945 bits per heavy atom. The van der Waals surface area contributed by atoms with E-state index < -0.39 is 11.9 Å². The minimum Gasteiger partial charge on any atom is -0.490 e. The summed E-state index contributed by atoms with van der Waals surface area (Å²) < 4.78 is 8.56. The van der Waals surface area contributed by atoms with Crippen LogP contribution in [0, 0.1) is 0 Å². The number of pyridine rings is 1. The Morgan fingerprint density at radius 2 is 1.75 bits per heavy atom. The fraction of sp³-hybridized carbons (Fsp3) is 0.475. The van der Waals surface area contributed by atoms with Crippen molar-refractivity contribution in [1.82, 2.24) is 39.5 Å². The zero-order chi connectivity index (χ0) is 37.8. The summed E-state index contributed by atoms with van der Waals surface area (Å²) in [7, 11) is 3.55. The molecule has 3 aliphatic heterocycles. The third kappa shape index (κ3) is 6.64. The van der Waals surface area contributed by atoms with Gasteiger partial charge in [0.1, 0.15) is 35.1 Å². The van der Waals surface area contributed by atoms with Crippen LogP contribution in [-0.2, 0) is 16.1 Å². The van der Waals surface area contributed by atoms with E-state index in [-0.39, 0.29) is 36.3 Å². The number of aromatic nitrogens is 4. The van der Waals surface area contributed by atoms with Gasteiger partial charge in [0.15, 0.2) is 0 Å². The monoisotopic (exact) mass is 746 g/mol. The number of hydrogen-bond acceptors (Lipinski definition) is 11. The number of carbonyl (C=O) groups is 4. The maximum absolute atomic E-state index is 13.2. The molecule has 0 bridgehead atoms. The van der Waals surface area contributed by atoms with Crippen molar-refractivity contribution in [2.24, 2.45) is 0 Å². The van der Waals surface area contributed by atoms with E-state index in [9.17, 15) is 19.2 Å². The third-order valence-corrected chi connectivity index (χ3v) is 12.0. The second kappa shape index (κ2) is 14.3. The van der Waals surface area contributed by atoms with Crippen LogP contribution in [0.5, 0.6) is 5.75 Å². The van der Waals surface area contributed by atoms with Gasteiger partial charge in [0.05, 0.1) is 18.4 Å². The Balaban J connectivity index is 0.778. The van der Waals surface area contributed by atoms with E-state index in [0.717, 1.165) is 87.0 Å². The molecule has 0 spiro atoms. The first-order chi connectivity index (χ1) is 26.7. The highest BCUT2D eigenvalue weighted by Crippen LogP contribution is 2.38. The molecule has 286 valence electrons. The first kappa shape index (κ1) is 35.2. The second-order valence-corrected chi connectivity index (χ2v) is 15.6. The second-order valence-electron chi connectivity index (χ2n) is 15.6. The van der Waals surface area contributed by atoms with Crippen LogP contribution >= 0.6 is 0 Å². The van der Waals surface area contributed by atoms with Crippen molar-refractivity contribution in [3.8, 4) is 5.75 Å². The summed E-state index contributed by atoms with van der Waals surface area (Å²) in [5, 5.41) is 6.49. The predicted molar refractivity (Wildman–Crippen MR) is 204 cm³/mol. The molecule has 4 aromatic rings. The molecule has 2 aliphatic carbocycles. The topological polar surface area (TPSA) is 158 Å². The lowest BCUT2D eigenvalue weighted by atomic mass is 9.87. The van der Waals surface area contributed by atoms with Gasteiger partial charge in [-0.3, -0.25) is 29.4 Å². The van der Waals surface area contributed by atoms with Crippen LogP contribution in [0.15, 0.2) is 48.8 Å². The Kier molecular flexibility index (Phi) is 9.11. The van der Waals surface area contributed by atoms with Crippen molar-refractivity contribution >= 4 is 52.1 Å². The van der Waals surface area contributed by atoms with Crippen molar-refractivity contribution in [2.75, 3.05) is 50.5 Å². The number of anilines is 3. The van der Waals surface area contributed by atoms with E-state index in [4.69, 9.17) is 14.7 Å². The number of piperidine rings is 1. The predicted octanol–water partition coefficient (Wildman–Crippen LogP) is 3.88. The SMILES string of the molecule is CN(C)C(=O)c1cc2cnc(Nc3ccc(N4CCN(C5CC(Oc6cccc7c6CN([C@H]6CCC(=O)NC6=O)C7=O)C5)CC4)cn3)nc2n1C1CCCC1. The summed E-state index contributed by atoms with van der Waals surface area (Å²) >= 11 is 0. The molecular formula is C40H46N10O5. The fourth-order valence-corrected chi connectivity index (χ4v) is 8.88. The van der Waals surface area contributed by atoms with Crippen molar-refractivity contribution in [2.45, 2.75) is 82.1 Å². The van der Waals surface area contributed by atoms with Crippen molar-refractivity contribution < 1.29 is 23.9 Å². The van der Waals surface area contributed by atoms with Crippen molar-refractivity contribution in [3.63, 3.8) is 0 Å². The standard InChI is InChI=1S/C40H46N10O5/c1-46(2)39(54)32-18-24-21-42-40(45-36(24)50(32)25-6-3-4-7-25)43-34-12-10-26(22-41-34)47-14-16-48(17-15-47)27-19-28(20-27)55-33-9-5-8-29-30(33)23-49(38(29)53)31-11-13-35(51)44-37(31)52/h5,8-10,12,18,21-22,25,27-28,31H,3-4,6-7,11,13-17,19-20,23H2,1-2H3,(H,44,51,52)(H,41,42,43,45)/t27?,28?,31-/m0/s1. The molecule has 2 saturated heterocycles. The number of nitrogens with zero attached hydrogens (tertiary/aromatic N) is 8. The molecule has 2 N–H and O–H groups in total. The normalized spacial score (nSPS) is 23.2. The van der Waals surface area contributed by atoms with E-state index in [1.54, 1.807) is 36.2 Å². The largest absolute Gasteiger partial charge is 0.490 e. The number of piperazine rings is 1. The minimum absolute atomic E-state index is 0.0308. The van der Waals surface area contributed by atoms with E-state index in [1.165, 1.54) is 0 Å². The number of amides is 4. The molecule has 0 radical (unpaired) electrons. The molecular weight excluding hydrogens is 701 g/mol. The molecule has 15 heteroatoms. The van der Waals surface area contributed by atoms with E-state index in [0.29, 0.717) is 47.8 Å². The van der Waals surface area contributed by atoms with Crippen LogP contribution in [-0.4, -0.2) is 116 Å². The van der Waals surface area contributed by atoms with Crippen molar-refractivity contribution in [3.05, 3.63) is 65.6 Å². The van der Waals surface area contributed by atoms with Gasteiger partial charge < -0.3 is 29.3 Å². The molecule has 6 heterocycles. The van der Waals surface area contributed by atoms with E-state index in [1.807, 2.05) is 30.5 Å². The van der Waals surface area contributed by atoms with Crippen LogP contribution in [0.4, 0.5) is 17.5 Å². The molecule has 2 saturated carbocycles. The van der Waals surface area contributed by atoms with Crippen LogP contribution in [0.2, 0.25) is 0 Å². The first-order valence-corrected chi connectivity index (χ1v) is 19.4. The van der Waals surface area contributed by atoms with Gasteiger partial charge >= 0.3 is 0 Å². The van der Waals surface area contributed by atoms with Gasteiger partial charge in [0, 0.05) is 94.3 Å². The Hall–Kier alpha value is -5.57. The van der Waals surface area contributed by atoms with E-state index >= 15 is 0 Å². The van der Waals surface area contributed by atoms with Crippen molar-refractivity contribution in [1.29, 1.82) is 0 Å². The molecule has 4 fully saturated rings. The smallest absolute Gasteiger partial charge is 0.270 e. The van der Waals surface area contributed by atoms with Gasteiger partial charge in [-0.1, -0.05) is 18.9 Å². The molecule has 1 atom stereocenters. The summed E-state index contributed by atoms with van der Waals surface area (Å²) in [4.78, 5) is 72.6. The van der Waals surface area contributed by atoms with Crippen LogP contribution in [0.25, 0.3) is 11.0 Å². The zero-order valence-electron chi connectivity index (χ0n) is 31.2. The fourth-order valence-electron chi connectivity index (χ4n) is 8.88. The summed E-state index contributed by atoms with van der Waals surface area (Å²) in [5.74, 6) is 0.884. The van der Waals surface area contributed by atoms with Gasteiger partial charge in [-0.05, 0) is 49.6 Å². The average molecular weight is 747 g/mol. The van der Waals surface area contributed by atoms with Crippen LogP contribution < -0.4 is 20.3 Å². The molecule has 9 rings (SSSR count). The number of nitrogens with one attached hydrogen (secondary N) is 2. The number of rotatable bonds is 9. The molecule has 55 heavy (non-hydrogen) atoms. The lowest BCUT2D eigenvalue weighted by Gasteiger charge is -2.46. The first-order valence-electron chi connectivity index (χ1n) is 19.4. The number of ether oxygens (including phenoxy) is 1. The van der Waals surface area contributed by atoms with Gasteiger partial charge in [0.2, 0.25) is 17.8 Å². The number of benzene rings is 1. The summed E-state index contributed by atoms with van der Waals surface area (Å²) in [6.45, 7) is 3.99. The Labute approximate surface area is 319 Å². The highest BCUT2D eigenvalue weighted by molar-refractivity contribution is 6.05. The van der Waals surface area contributed by atoms with Gasteiger partial charge in [-0.25, -0.2) is 9.97 Å². The van der Waals surface area contributed by atoms with Gasteiger partial charge in [-0.2, -0.15) is 4.98 Å². The lowest BCUT2D eigenvalue weighted by Crippen LogP contribution is -2.56. The van der Waals surface area contributed by atoms with Gasteiger partial charge in [-0.15, -0.1) is 0 Å². The number of imide groups is 1. The Morgan fingerprint density at radius 3 is 2.47 bits per heavy atom. The zero-order valence-corrected chi connectivity index (χ0v) is 31.2. The molecule has 5 aliphatic rings. The molecule has 1 aromatic carbocycles. The molecule has 15 nitrogen and oxygen atoms in total. The summed E-state index contributed by atoms with van der Waals surface area (Å²) in [6.07, 6.45) is 10.5. The lowest BCUT2D eigenvalue weighted by molar-refractivity contribution is -0.136. The number of hydrogen-bond donors (Lipinski definition) is 2.